The lowest BCUT2D eigenvalue weighted by atomic mass is 9.84. The number of urea groups is 1. The van der Waals surface area contributed by atoms with Crippen molar-refractivity contribution in [3.63, 3.8) is 0 Å². The molecule has 0 radical (unpaired) electrons. The van der Waals surface area contributed by atoms with Crippen molar-refractivity contribution in [1.29, 1.82) is 0 Å². The van der Waals surface area contributed by atoms with Crippen LogP contribution in [0.4, 0.5) is 10.5 Å². The lowest BCUT2D eigenvalue weighted by molar-refractivity contribution is 0.259. The number of hydrogen-bond donors (Lipinski definition) is 3. The van der Waals surface area contributed by atoms with E-state index >= 15 is 0 Å². The lowest BCUT2D eigenvalue weighted by Gasteiger charge is -2.31. The number of primary amides is 1. The fourth-order valence-electron chi connectivity index (χ4n) is 3.26. The van der Waals surface area contributed by atoms with Gasteiger partial charge in [0.05, 0.1) is 0 Å². The minimum atomic E-state index is -0.528. The monoisotopic (exact) mass is 289 g/mol. The Hall–Kier alpha value is -1.55. The maximum absolute atomic E-state index is 10.8. The van der Waals surface area contributed by atoms with Crippen molar-refractivity contribution in [2.45, 2.75) is 58.0 Å². The first-order valence-electron chi connectivity index (χ1n) is 7.98. The van der Waals surface area contributed by atoms with Crippen molar-refractivity contribution in [3.05, 3.63) is 29.8 Å². The van der Waals surface area contributed by atoms with Crippen molar-refractivity contribution in [3.8, 4) is 0 Å². The van der Waals surface area contributed by atoms with Crippen LogP contribution in [0.1, 0.15) is 57.6 Å². The van der Waals surface area contributed by atoms with Crippen molar-refractivity contribution >= 4 is 11.7 Å². The first-order chi connectivity index (χ1) is 10.1. The molecule has 1 saturated carbocycles. The third-order valence-corrected chi connectivity index (χ3v) is 4.55. The number of carbonyl (C=O) groups is 1. The number of amides is 2. The Labute approximate surface area is 127 Å². The molecule has 1 aromatic rings. The first-order valence-corrected chi connectivity index (χ1v) is 7.98. The predicted molar refractivity (Wildman–Crippen MR) is 87.2 cm³/mol. The largest absolute Gasteiger partial charge is 0.351 e. The second-order valence-electron chi connectivity index (χ2n) is 6.19. The molecule has 1 aromatic carbocycles. The normalized spacial score (nSPS) is 19.0. The topological polar surface area (TPSA) is 67.2 Å². The highest BCUT2D eigenvalue weighted by Crippen LogP contribution is 2.27. The molecule has 4 heteroatoms. The fourth-order valence-corrected chi connectivity index (χ4v) is 3.26. The van der Waals surface area contributed by atoms with E-state index in [2.05, 4.69) is 24.5 Å². The molecular formula is C17H27N3O. The lowest BCUT2D eigenvalue weighted by Crippen LogP contribution is -2.36. The van der Waals surface area contributed by atoms with E-state index in [1.54, 1.807) is 0 Å². The molecule has 0 aromatic heterocycles. The Balaban J connectivity index is 1.89. The summed E-state index contributed by atoms with van der Waals surface area (Å²) in [5.41, 5.74) is 7.07. The minimum Gasteiger partial charge on any atom is -0.351 e. The van der Waals surface area contributed by atoms with E-state index in [9.17, 15) is 4.79 Å². The summed E-state index contributed by atoms with van der Waals surface area (Å²) >= 11 is 0. The zero-order chi connectivity index (χ0) is 15.2. The Morgan fingerprint density at radius 1 is 1.14 bits per heavy atom. The van der Waals surface area contributed by atoms with Crippen LogP contribution >= 0.6 is 0 Å². The third-order valence-electron chi connectivity index (χ3n) is 4.55. The summed E-state index contributed by atoms with van der Waals surface area (Å²) in [5.74, 6) is 0.803. The molecule has 0 aliphatic heterocycles. The van der Waals surface area contributed by atoms with E-state index in [0.29, 0.717) is 12.1 Å². The average molecular weight is 289 g/mol. The van der Waals surface area contributed by atoms with Crippen molar-refractivity contribution < 1.29 is 4.79 Å². The van der Waals surface area contributed by atoms with E-state index < -0.39 is 6.03 Å². The van der Waals surface area contributed by atoms with E-state index in [4.69, 9.17) is 5.73 Å². The Bertz CT molecular complexity index is 452. The van der Waals surface area contributed by atoms with Crippen LogP contribution in [0.3, 0.4) is 0 Å². The molecule has 2 amide bonds. The van der Waals surface area contributed by atoms with Crippen molar-refractivity contribution in [2.24, 2.45) is 11.7 Å². The van der Waals surface area contributed by atoms with Gasteiger partial charge in [0, 0.05) is 17.8 Å². The molecule has 116 valence electrons. The van der Waals surface area contributed by atoms with Gasteiger partial charge in [0.25, 0.3) is 0 Å². The molecule has 0 saturated heterocycles. The number of hydrogen-bond acceptors (Lipinski definition) is 2. The van der Waals surface area contributed by atoms with E-state index in [0.717, 1.165) is 11.6 Å². The summed E-state index contributed by atoms with van der Waals surface area (Å²) in [7, 11) is 0. The van der Waals surface area contributed by atoms with Crippen molar-refractivity contribution in [2.75, 3.05) is 5.32 Å². The molecule has 4 nitrogen and oxygen atoms in total. The van der Waals surface area contributed by atoms with Gasteiger partial charge in [-0.25, -0.2) is 4.79 Å². The maximum Gasteiger partial charge on any atom is 0.316 e. The zero-order valence-corrected chi connectivity index (χ0v) is 13.1. The van der Waals surface area contributed by atoms with Gasteiger partial charge in [-0.15, -0.1) is 0 Å². The molecule has 1 aliphatic rings. The highest BCUT2D eigenvalue weighted by atomic mass is 16.2. The number of nitrogens with two attached hydrogens (primary N) is 1. The fraction of sp³-hybridized carbons (Fsp3) is 0.588. The second kappa shape index (κ2) is 7.46. The number of nitrogens with one attached hydrogen (secondary N) is 2. The van der Waals surface area contributed by atoms with Gasteiger partial charge < -0.3 is 16.4 Å². The van der Waals surface area contributed by atoms with Crippen LogP contribution in [0.15, 0.2) is 24.3 Å². The predicted octanol–water partition coefficient (Wildman–Crippen LogP) is 3.80. The Kier molecular flexibility index (Phi) is 5.62. The Morgan fingerprint density at radius 3 is 2.33 bits per heavy atom. The van der Waals surface area contributed by atoms with Crippen LogP contribution < -0.4 is 16.4 Å². The molecule has 2 atom stereocenters. The zero-order valence-electron chi connectivity index (χ0n) is 13.1. The molecule has 21 heavy (non-hydrogen) atoms. The van der Waals surface area contributed by atoms with Gasteiger partial charge >= 0.3 is 6.03 Å². The van der Waals surface area contributed by atoms with Gasteiger partial charge in [-0.3, -0.25) is 0 Å². The number of rotatable bonds is 5. The first kappa shape index (κ1) is 15.8. The highest BCUT2D eigenvalue weighted by molar-refractivity contribution is 5.87. The maximum atomic E-state index is 10.8. The van der Waals surface area contributed by atoms with Gasteiger partial charge in [0.15, 0.2) is 0 Å². The number of anilines is 1. The number of carbonyl (C=O) groups excluding carboxylic acids is 1. The Morgan fingerprint density at radius 2 is 1.76 bits per heavy atom. The quantitative estimate of drug-likeness (QED) is 0.772. The standard InChI is InChI=1S/C17H27N3O/c1-12(14-6-4-3-5-7-14)19-13(2)15-8-10-16(11-9-15)20-17(18)21/h8-14,19H,3-7H2,1-2H3,(H3,18,20,21). The molecule has 1 fully saturated rings. The van der Waals surface area contributed by atoms with Crippen LogP contribution in [0.25, 0.3) is 0 Å². The summed E-state index contributed by atoms with van der Waals surface area (Å²) in [4.78, 5) is 10.8. The van der Waals surface area contributed by atoms with Crippen LogP contribution in [0.5, 0.6) is 0 Å². The van der Waals surface area contributed by atoms with E-state index in [1.807, 2.05) is 24.3 Å². The molecule has 1 aliphatic carbocycles. The van der Waals surface area contributed by atoms with Gasteiger partial charge in [0.2, 0.25) is 0 Å². The summed E-state index contributed by atoms with van der Waals surface area (Å²) in [6, 6.07) is 8.19. The molecule has 0 spiro atoms. The summed E-state index contributed by atoms with van der Waals surface area (Å²) in [6.45, 7) is 4.49. The summed E-state index contributed by atoms with van der Waals surface area (Å²) in [6.07, 6.45) is 6.84. The number of benzene rings is 1. The summed E-state index contributed by atoms with van der Waals surface area (Å²) < 4.78 is 0. The van der Waals surface area contributed by atoms with Crippen LogP contribution in [0, 0.1) is 5.92 Å². The molecule has 2 rings (SSSR count). The van der Waals surface area contributed by atoms with Crippen molar-refractivity contribution in [1.82, 2.24) is 5.32 Å². The second-order valence-corrected chi connectivity index (χ2v) is 6.19. The molecular weight excluding hydrogens is 262 g/mol. The van der Waals surface area contributed by atoms with Gasteiger partial charge in [-0.2, -0.15) is 0 Å². The summed E-state index contributed by atoms with van der Waals surface area (Å²) in [5, 5.41) is 6.30. The van der Waals surface area contributed by atoms with E-state index in [-0.39, 0.29) is 0 Å². The molecule has 2 unspecified atom stereocenters. The van der Waals surface area contributed by atoms with Crippen LogP contribution in [-0.4, -0.2) is 12.1 Å². The van der Waals surface area contributed by atoms with Gasteiger partial charge in [0.1, 0.15) is 0 Å². The van der Waals surface area contributed by atoms with Gasteiger partial charge in [-0.1, -0.05) is 31.4 Å². The highest BCUT2D eigenvalue weighted by Gasteiger charge is 2.21. The minimum absolute atomic E-state index is 0.310. The third kappa shape index (κ3) is 4.74. The molecule has 0 bridgehead atoms. The van der Waals surface area contributed by atoms with E-state index in [1.165, 1.54) is 37.7 Å². The molecule has 4 N–H and O–H groups in total. The van der Waals surface area contributed by atoms with Crippen LogP contribution in [0.2, 0.25) is 0 Å². The molecule has 0 heterocycles. The SMILES string of the molecule is CC(NC(C)C1CCCCC1)c1ccc(NC(N)=O)cc1. The average Bonchev–Trinajstić information content (AvgIpc) is 2.48. The van der Waals surface area contributed by atoms with Crippen LogP contribution in [-0.2, 0) is 0 Å². The smallest absolute Gasteiger partial charge is 0.316 e. The van der Waals surface area contributed by atoms with Gasteiger partial charge in [-0.05, 0) is 50.3 Å².